The highest BCUT2D eigenvalue weighted by molar-refractivity contribution is 5.98. The second-order valence-corrected chi connectivity index (χ2v) is 4.62. The number of nitrogen functional groups attached to an aromatic ring is 1. The van der Waals surface area contributed by atoms with Gasteiger partial charge in [0.05, 0.1) is 6.20 Å². The molecule has 1 fully saturated rings. The molecule has 0 radical (unpaired) electrons. The average molecular weight is 237 g/mol. The molecular weight excluding hydrogens is 218 g/mol. The van der Waals surface area contributed by atoms with Crippen molar-refractivity contribution >= 4 is 11.7 Å². The van der Waals surface area contributed by atoms with Gasteiger partial charge in [-0.25, -0.2) is 0 Å². The van der Waals surface area contributed by atoms with E-state index in [1.807, 2.05) is 4.90 Å². The number of H-pyrrole nitrogens is 1. The average Bonchev–Trinajstić information content (AvgIpc) is 2.74. The SMILES string of the molecule is CC(C)N1CCN(C(=O)c2cn[nH]c2N)CC1. The van der Waals surface area contributed by atoms with Crippen LogP contribution in [0.4, 0.5) is 5.82 Å². The number of hydrogen-bond acceptors (Lipinski definition) is 4. The van der Waals surface area contributed by atoms with E-state index in [2.05, 4.69) is 28.9 Å². The standard InChI is InChI=1S/C11H19N5O/c1-8(2)15-3-5-16(6-4-15)11(17)9-7-13-14-10(9)12/h7-8H,3-6H2,1-2H3,(H3,12,13,14). The Hall–Kier alpha value is -1.56. The molecule has 0 unspecified atom stereocenters. The molecule has 17 heavy (non-hydrogen) atoms. The lowest BCUT2D eigenvalue weighted by Gasteiger charge is -2.36. The second-order valence-electron chi connectivity index (χ2n) is 4.62. The molecule has 0 aliphatic carbocycles. The van der Waals surface area contributed by atoms with E-state index in [1.54, 1.807) is 0 Å². The lowest BCUT2D eigenvalue weighted by molar-refractivity contribution is 0.0596. The van der Waals surface area contributed by atoms with E-state index in [0.717, 1.165) is 26.2 Å². The molecule has 2 rings (SSSR count). The minimum absolute atomic E-state index is 0.0281. The van der Waals surface area contributed by atoms with Gasteiger partial charge < -0.3 is 10.6 Å². The molecule has 1 aromatic rings. The number of anilines is 1. The van der Waals surface area contributed by atoms with E-state index in [0.29, 0.717) is 17.4 Å². The number of hydrogen-bond donors (Lipinski definition) is 2. The molecule has 0 spiro atoms. The smallest absolute Gasteiger partial charge is 0.259 e. The van der Waals surface area contributed by atoms with Crippen molar-refractivity contribution in [2.75, 3.05) is 31.9 Å². The predicted molar refractivity (Wildman–Crippen MR) is 65.6 cm³/mol. The summed E-state index contributed by atoms with van der Waals surface area (Å²) in [7, 11) is 0. The van der Waals surface area contributed by atoms with Gasteiger partial charge in [0.2, 0.25) is 0 Å². The fraction of sp³-hybridized carbons (Fsp3) is 0.636. The predicted octanol–water partition coefficient (Wildman–Crippen LogP) is 0.158. The van der Waals surface area contributed by atoms with Crippen LogP contribution in [0, 0.1) is 0 Å². The lowest BCUT2D eigenvalue weighted by Crippen LogP contribution is -2.50. The molecule has 3 N–H and O–H groups in total. The molecule has 2 heterocycles. The number of piperazine rings is 1. The zero-order chi connectivity index (χ0) is 12.4. The van der Waals surface area contributed by atoms with Crippen LogP contribution in [0.5, 0.6) is 0 Å². The Bertz CT molecular complexity index is 392. The molecule has 6 heteroatoms. The maximum absolute atomic E-state index is 12.1. The minimum atomic E-state index is -0.0281. The number of carbonyl (C=O) groups excluding carboxylic acids is 1. The third-order valence-corrected chi connectivity index (χ3v) is 3.23. The Balaban J connectivity index is 1.98. The van der Waals surface area contributed by atoms with Crippen LogP contribution in [-0.2, 0) is 0 Å². The highest BCUT2D eigenvalue weighted by atomic mass is 16.2. The summed E-state index contributed by atoms with van der Waals surface area (Å²) >= 11 is 0. The van der Waals surface area contributed by atoms with E-state index in [9.17, 15) is 4.79 Å². The summed E-state index contributed by atoms with van der Waals surface area (Å²) < 4.78 is 0. The number of aromatic amines is 1. The van der Waals surface area contributed by atoms with Gasteiger partial charge in [0.25, 0.3) is 5.91 Å². The first-order valence-corrected chi connectivity index (χ1v) is 5.91. The fourth-order valence-electron chi connectivity index (χ4n) is 2.08. The van der Waals surface area contributed by atoms with Crippen molar-refractivity contribution in [2.45, 2.75) is 19.9 Å². The highest BCUT2D eigenvalue weighted by Gasteiger charge is 2.24. The number of carbonyl (C=O) groups is 1. The summed E-state index contributed by atoms with van der Waals surface area (Å²) in [6.07, 6.45) is 1.49. The third-order valence-electron chi connectivity index (χ3n) is 3.23. The normalized spacial score (nSPS) is 17.7. The van der Waals surface area contributed by atoms with Gasteiger partial charge in [-0.3, -0.25) is 14.8 Å². The third kappa shape index (κ3) is 2.41. The number of nitrogens with two attached hydrogens (primary N) is 1. The topological polar surface area (TPSA) is 78.2 Å². The highest BCUT2D eigenvalue weighted by Crippen LogP contribution is 2.13. The van der Waals surface area contributed by atoms with Gasteiger partial charge in [-0.05, 0) is 13.8 Å². The Morgan fingerprint density at radius 1 is 1.41 bits per heavy atom. The van der Waals surface area contributed by atoms with Crippen LogP contribution in [0.25, 0.3) is 0 Å². The quantitative estimate of drug-likeness (QED) is 0.768. The summed E-state index contributed by atoms with van der Waals surface area (Å²) in [6.45, 7) is 7.68. The number of nitrogens with one attached hydrogen (secondary N) is 1. The number of rotatable bonds is 2. The first-order chi connectivity index (χ1) is 8.09. The summed E-state index contributed by atoms with van der Waals surface area (Å²) in [5.41, 5.74) is 6.12. The zero-order valence-electron chi connectivity index (χ0n) is 10.3. The Kier molecular flexibility index (Phi) is 3.33. The molecule has 0 atom stereocenters. The monoisotopic (exact) mass is 237 g/mol. The van der Waals surface area contributed by atoms with Crippen molar-refractivity contribution in [3.8, 4) is 0 Å². The largest absolute Gasteiger partial charge is 0.383 e. The Morgan fingerprint density at radius 3 is 2.53 bits per heavy atom. The Labute approximate surface area is 101 Å². The molecule has 1 aliphatic heterocycles. The van der Waals surface area contributed by atoms with Crippen LogP contribution in [0.3, 0.4) is 0 Å². The summed E-state index contributed by atoms with van der Waals surface area (Å²) in [4.78, 5) is 16.3. The van der Waals surface area contributed by atoms with Gasteiger partial charge in [-0.15, -0.1) is 0 Å². The molecule has 1 aliphatic rings. The van der Waals surface area contributed by atoms with E-state index in [4.69, 9.17) is 5.73 Å². The lowest BCUT2D eigenvalue weighted by atomic mass is 10.2. The van der Waals surface area contributed by atoms with E-state index < -0.39 is 0 Å². The summed E-state index contributed by atoms with van der Waals surface area (Å²) in [6, 6.07) is 0.534. The second kappa shape index (κ2) is 4.75. The van der Waals surface area contributed by atoms with E-state index in [1.165, 1.54) is 6.20 Å². The van der Waals surface area contributed by atoms with Crippen molar-refractivity contribution in [2.24, 2.45) is 0 Å². The molecule has 0 saturated carbocycles. The van der Waals surface area contributed by atoms with Gasteiger partial charge in [-0.2, -0.15) is 5.10 Å². The van der Waals surface area contributed by atoms with Crippen molar-refractivity contribution in [1.82, 2.24) is 20.0 Å². The number of amides is 1. The molecule has 94 valence electrons. The molecule has 1 saturated heterocycles. The van der Waals surface area contributed by atoms with Crippen molar-refractivity contribution in [3.05, 3.63) is 11.8 Å². The van der Waals surface area contributed by atoms with Gasteiger partial charge in [0.15, 0.2) is 0 Å². The fourth-order valence-corrected chi connectivity index (χ4v) is 2.08. The number of nitrogens with zero attached hydrogens (tertiary/aromatic N) is 3. The first kappa shape index (κ1) is 11.9. The zero-order valence-corrected chi connectivity index (χ0v) is 10.3. The van der Waals surface area contributed by atoms with E-state index >= 15 is 0 Å². The summed E-state index contributed by atoms with van der Waals surface area (Å²) in [5, 5.41) is 6.36. The van der Waals surface area contributed by atoms with Gasteiger partial charge in [0.1, 0.15) is 11.4 Å². The first-order valence-electron chi connectivity index (χ1n) is 5.91. The molecule has 0 aromatic carbocycles. The van der Waals surface area contributed by atoms with Crippen molar-refractivity contribution in [1.29, 1.82) is 0 Å². The molecule has 1 amide bonds. The maximum atomic E-state index is 12.1. The summed E-state index contributed by atoms with van der Waals surface area (Å²) in [5.74, 6) is 0.320. The van der Waals surface area contributed by atoms with Crippen LogP contribution in [0.2, 0.25) is 0 Å². The van der Waals surface area contributed by atoms with Crippen molar-refractivity contribution in [3.63, 3.8) is 0 Å². The molecule has 0 bridgehead atoms. The Morgan fingerprint density at radius 2 is 2.06 bits per heavy atom. The van der Waals surface area contributed by atoms with Crippen LogP contribution >= 0.6 is 0 Å². The van der Waals surface area contributed by atoms with Gasteiger partial charge >= 0.3 is 0 Å². The van der Waals surface area contributed by atoms with Crippen LogP contribution in [0.1, 0.15) is 24.2 Å². The maximum Gasteiger partial charge on any atom is 0.259 e. The van der Waals surface area contributed by atoms with Crippen molar-refractivity contribution < 1.29 is 4.79 Å². The van der Waals surface area contributed by atoms with E-state index in [-0.39, 0.29) is 5.91 Å². The molecule has 6 nitrogen and oxygen atoms in total. The van der Waals surface area contributed by atoms with Crippen LogP contribution in [0.15, 0.2) is 6.20 Å². The number of aromatic nitrogens is 2. The van der Waals surface area contributed by atoms with Crippen LogP contribution < -0.4 is 5.73 Å². The minimum Gasteiger partial charge on any atom is -0.383 e. The molecule has 1 aromatic heterocycles. The van der Waals surface area contributed by atoms with Gasteiger partial charge in [-0.1, -0.05) is 0 Å². The van der Waals surface area contributed by atoms with Gasteiger partial charge in [0, 0.05) is 32.2 Å². The van der Waals surface area contributed by atoms with Crippen LogP contribution in [-0.4, -0.2) is 58.1 Å². The molecular formula is C11H19N5O.